The van der Waals surface area contributed by atoms with Gasteiger partial charge in [0, 0.05) is 18.3 Å². The van der Waals surface area contributed by atoms with Gasteiger partial charge in [-0.05, 0) is 67.2 Å². The second kappa shape index (κ2) is 8.24. The highest BCUT2D eigenvalue weighted by Crippen LogP contribution is 2.33. The van der Waals surface area contributed by atoms with Crippen molar-refractivity contribution >= 4 is 5.82 Å². The van der Waals surface area contributed by atoms with E-state index in [2.05, 4.69) is 58.9 Å². The lowest BCUT2D eigenvalue weighted by Crippen LogP contribution is -2.17. The fourth-order valence-electron chi connectivity index (χ4n) is 3.62. The van der Waals surface area contributed by atoms with Crippen molar-refractivity contribution in [2.45, 2.75) is 13.3 Å². The molecule has 0 amide bonds. The minimum Gasteiger partial charge on any atom is -0.370 e. The first-order chi connectivity index (χ1) is 13.7. The maximum Gasteiger partial charge on any atom is 0.126 e. The summed E-state index contributed by atoms with van der Waals surface area (Å²) in [6.07, 6.45) is 3.15. The van der Waals surface area contributed by atoms with E-state index in [0.29, 0.717) is 11.5 Å². The molecule has 4 rings (SSSR count). The molecule has 2 aromatic carbocycles. The van der Waals surface area contributed by atoms with Gasteiger partial charge in [-0.2, -0.15) is 5.26 Å². The highest BCUT2D eigenvalue weighted by molar-refractivity contribution is 5.84. The molecule has 4 heteroatoms. The van der Waals surface area contributed by atoms with Crippen molar-refractivity contribution in [1.82, 2.24) is 10.3 Å². The summed E-state index contributed by atoms with van der Waals surface area (Å²) in [4.78, 5) is 4.67. The van der Waals surface area contributed by atoms with E-state index in [1.54, 1.807) is 0 Å². The van der Waals surface area contributed by atoms with Crippen LogP contribution in [-0.4, -0.2) is 24.6 Å². The normalized spacial score (nSPS) is 15.9. The summed E-state index contributed by atoms with van der Waals surface area (Å²) in [7, 11) is 0. The lowest BCUT2D eigenvalue weighted by atomic mass is 9.95. The third-order valence-electron chi connectivity index (χ3n) is 5.33. The Morgan fingerprint density at radius 2 is 1.79 bits per heavy atom. The first kappa shape index (κ1) is 18.2. The van der Waals surface area contributed by atoms with Crippen LogP contribution in [0.4, 0.5) is 5.82 Å². The van der Waals surface area contributed by atoms with E-state index < -0.39 is 0 Å². The van der Waals surface area contributed by atoms with Crippen LogP contribution in [0.25, 0.3) is 22.3 Å². The third kappa shape index (κ3) is 4.05. The van der Waals surface area contributed by atoms with Crippen LogP contribution in [0.3, 0.4) is 0 Å². The Labute approximate surface area is 166 Å². The molecule has 4 nitrogen and oxygen atoms in total. The minimum absolute atomic E-state index is 0.655. The maximum absolute atomic E-state index is 9.07. The molecule has 1 fully saturated rings. The zero-order valence-corrected chi connectivity index (χ0v) is 16.1. The summed E-state index contributed by atoms with van der Waals surface area (Å²) in [6.45, 7) is 5.21. The van der Waals surface area contributed by atoms with Gasteiger partial charge in [0.15, 0.2) is 0 Å². The molecule has 0 radical (unpaired) electrons. The molecule has 2 N–H and O–H groups in total. The highest BCUT2D eigenvalue weighted by Gasteiger charge is 2.15. The summed E-state index contributed by atoms with van der Waals surface area (Å²) in [5.74, 6) is 1.56. The van der Waals surface area contributed by atoms with Crippen LogP contribution in [0.15, 0.2) is 60.8 Å². The van der Waals surface area contributed by atoms with Gasteiger partial charge in [-0.3, -0.25) is 0 Å². The number of anilines is 1. The van der Waals surface area contributed by atoms with Crippen molar-refractivity contribution in [2.75, 3.05) is 25.0 Å². The van der Waals surface area contributed by atoms with Crippen LogP contribution in [0.5, 0.6) is 0 Å². The number of hydrogen-bond donors (Lipinski definition) is 2. The van der Waals surface area contributed by atoms with Gasteiger partial charge in [0.1, 0.15) is 5.82 Å². The first-order valence-corrected chi connectivity index (χ1v) is 9.75. The van der Waals surface area contributed by atoms with E-state index >= 15 is 0 Å². The van der Waals surface area contributed by atoms with Crippen molar-refractivity contribution in [3.8, 4) is 28.3 Å². The molecular formula is C24H24N4. The molecule has 0 aliphatic carbocycles. The number of aromatic nitrogens is 1. The number of rotatable bonds is 5. The van der Waals surface area contributed by atoms with Crippen LogP contribution >= 0.6 is 0 Å². The van der Waals surface area contributed by atoms with Crippen LogP contribution in [0.1, 0.15) is 17.5 Å². The molecular weight excluding hydrogens is 344 g/mol. The number of aryl methyl sites for hydroxylation is 1. The topological polar surface area (TPSA) is 60.7 Å². The number of nitriles is 1. The molecule has 0 saturated carbocycles. The van der Waals surface area contributed by atoms with E-state index in [1.165, 1.54) is 12.0 Å². The Balaban J connectivity index is 1.69. The van der Waals surface area contributed by atoms with Crippen LogP contribution < -0.4 is 10.6 Å². The molecule has 1 aliphatic rings. The van der Waals surface area contributed by atoms with E-state index in [4.69, 9.17) is 5.26 Å². The fourth-order valence-corrected chi connectivity index (χ4v) is 3.62. The number of hydrogen-bond acceptors (Lipinski definition) is 4. The van der Waals surface area contributed by atoms with Gasteiger partial charge in [-0.25, -0.2) is 4.98 Å². The average molecular weight is 368 g/mol. The molecule has 3 aromatic rings. The van der Waals surface area contributed by atoms with Crippen molar-refractivity contribution in [1.29, 1.82) is 5.26 Å². The number of nitrogens with one attached hydrogen (secondary N) is 2. The highest BCUT2D eigenvalue weighted by atomic mass is 15.0. The molecule has 1 unspecified atom stereocenters. The largest absolute Gasteiger partial charge is 0.370 e. The van der Waals surface area contributed by atoms with Crippen LogP contribution in [0.2, 0.25) is 0 Å². The first-order valence-electron chi connectivity index (χ1n) is 9.75. The maximum atomic E-state index is 9.07. The third-order valence-corrected chi connectivity index (χ3v) is 5.33. The van der Waals surface area contributed by atoms with Gasteiger partial charge < -0.3 is 10.6 Å². The lowest BCUT2D eigenvalue weighted by Gasteiger charge is -2.15. The molecule has 140 valence electrons. The fraction of sp³-hybridized carbons (Fsp3) is 0.250. The Kier molecular flexibility index (Phi) is 5.36. The average Bonchev–Trinajstić information content (AvgIpc) is 3.26. The lowest BCUT2D eigenvalue weighted by molar-refractivity contribution is 0.614. The van der Waals surface area contributed by atoms with E-state index in [9.17, 15) is 0 Å². The summed E-state index contributed by atoms with van der Waals surface area (Å²) < 4.78 is 0. The van der Waals surface area contributed by atoms with E-state index in [1.807, 2.05) is 30.5 Å². The molecule has 1 saturated heterocycles. The Morgan fingerprint density at radius 3 is 2.46 bits per heavy atom. The molecule has 0 bridgehead atoms. The standard InChI is InChI=1S/C24H24N4/c1-17-2-6-20(7-3-17)22-12-24(27-15-19-10-11-26-14-19)28-16-23(22)21-8-4-18(13-25)5-9-21/h2-9,12,16,19,26H,10-11,14-15H2,1H3,(H,27,28). The number of pyridine rings is 1. The predicted molar refractivity (Wildman–Crippen MR) is 114 cm³/mol. The summed E-state index contributed by atoms with van der Waals surface area (Å²) in [5, 5.41) is 16.0. The van der Waals surface area contributed by atoms with E-state index in [-0.39, 0.29) is 0 Å². The summed E-state index contributed by atoms with van der Waals surface area (Å²) in [6, 6.07) is 20.6. The molecule has 28 heavy (non-hydrogen) atoms. The second-order valence-corrected chi connectivity index (χ2v) is 7.41. The van der Waals surface area contributed by atoms with Gasteiger partial charge in [0.2, 0.25) is 0 Å². The van der Waals surface area contributed by atoms with Gasteiger partial charge >= 0.3 is 0 Å². The Bertz CT molecular complexity index is 979. The number of nitrogens with zero attached hydrogens (tertiary/aromatic N) is 2. The minimum atomic E-state index is 0.655. The molecule has 1 atom stereocenters. The molecule has 1 aromatic heterocycles. The van der Waals surface area contributed by atoms with Gasteiger partial charge in [-0.15, -0.1) is 0 Å². The zero-order valence-electron chi connectivity index (χ0n) is 16.1. The van der Waals surface area contributed by atoms with Crippen molar-refractivity contribution in [3.63, 3.8) is 0 Å². The Hall–Kier alpha value is -3.16. The SMILES string of the molecule is Cc1ccc(-c2cc(NCC3CCNC3)ncc2-c2ccc(C#N)cc2)cc1. The monoisotopic (exact) mass is 368 g/mol. The van der Waals surface area contributed by atoms with Gasteiger partial charge in [0.25, 0.3) is 0 Å². The molecule has 1 aliphatic heterocycles. The molecule has 2 heterocycles. The van der Waals surface area contributed by atoms with Gasteiger partial charge in [0.05, 0.1) is 11.6 Å². The van der Waals surface area contributed by atoms with E-state index in [0.717, 1.165) is 47.7 Å². The van der Waals surface area contributed by atoms with Gasteiger partial charge in [-0.1, -0.05) is 42.0 Å². The smallest absolute Gasteiger partial charge is 0.126 e. The van der Waals surface area contributed by atoms with Crippen molar-refractivity contribution in [2.24, 2.45) is 5.92 Å². The predicted octanol–water partition coefficient (Wildman–Crippen LogP) is 4.62. The van der Waals surface area contributed by atoms with Crippen molar-refractivity contribution < 1.29 is 0 Å². The Morgan fingerprint density at radius 1 is 1.07 bits per heavy atom. The van der Waals surface area contributed by atoms with Crippen LogP contribution in [-0.2, 0) is 0 Å². The van der Waals surface area contributed by atoms with Crippen LogP contribution in [0, 0.1) is 24.2 Å². The second-order valence-electron chi connectivity index (χ2n) is 7.41. The number of benzene rings is 2. The van der Waals surface area contributed by atoms with Crippen molar-refractivity contribution in [3.05, 3.63) is 71.9 Å². The zero-order chi connectivity index (χ0) is 19.3. The summed E-state index contributed by atoms with van der Waals surface area (Å²) >= 11 is 0. The quantitative estimate of drug-likeness (QED) is 0.690. The summed E-state index contributed by atoms with van der Waals surface area (Å²) in [5.41, 5.74) is 6.35. The molecule has 0 spiro atoms.